The zero-order valence-corrected chi connectivity index (χ0v) is 19.0. The molecule has 0 fully saturated rings. The Hall–Kier alpha value is -3.39. The minimum absolute atomic E-state index is 0.0399. The van der Waals surface area contributed by atoms with Crippen molar-refractivity contribution in [2.75, 3.05) is 13.1 Å². The van der Waals surface area contributed by atoms with Gasteiger partial charge in [0.1, 0.15) is 22.8 Å². The molecule has 3 unspecified atom stereocenters. The highest BCUT2D eigenvalue weighted by atomic mass is 16.3. The smallest absolute Gasteiger partial charge is 0.255 e. The molecule has 178 valence electrons. The average molecular weight is 465 g/mol. The number of amides is 1. The zero-order valence-electron chi connectivity index (χ0n) is 19.0. The number of nitrogens with two attached hydrogens (primary N) is 1. The number of aliphatic hydroxyl groups excluding tert-OH is 2. The Morgan fingerprint density at radius 2 is 1.82 bits per heavy atom. The number of hydrogen-bond acceptors (Lipinski definition) is 7. The molecule has 8 nitrogen and oxygen atoms in total. The van der Waals surface area contributed by atoms with E-state index in [4.69, 9.17) is 5.73 Å². The summed E-state index contributed by atoms with van der Waals surface area (Å²) in [6.45, 7) is 4.05. The first-order valence-corrected chi connectivity index (χ1v) is 11.7. The van der Waals surface area contributed by atoms with Crippen molar-refractivity contribution in [3.63, 3.8) is 0 Å². The topological polar surface area (TPSA) is 141 Å². The maximum atomic E-state index is 13.7. The van der Waals surface area contributed by atoms with E-state index in [1.54, 1.807) is 0 Å². The molecule has 0 aromatic heterocycles. The van der Waals surface area contributed by atoms with Crippen LogP contribution in [-0.4, -0.2) is 50.8 Å². The van der Waals surface area contributed by atoms with E-state index in [0.29, 0.717) is 31.4 Å². The number of benzene rings is 1. The molecule has 5 N–H and O–H groups in total. The molecular weight excluding hydrogens is 436 g/mol. The third kappa shape index (κ3) is 3.27. The Balaban J connectivity index is 1.59. The van der Waals surface area contributed by atoms with Gasteiger partial charge in [-0.05, 0) is 42.2 Å². The highest BCUT2D eigenvalue weighted by molar-refractivity contribution is 6.22. The number of hydrogen-bond donors (Lipinski definition) is 4. The molecule has 1 heterocycles. The number of ketones is 2. The number of aryl methyl sites for hydroxylation is 1. The van der Waals surface area contributed by atoms with E-state index in [9.17, 15) is 29.7 Å². The lowest BCUT2D eigenvalue weighted by Gasteiger charge is -2.41. The van der Waals surface area contributed by atoms with Crippen molar-refractivity contribution in [2.45, 2.75) is 39.2 Å². The summed E-state index contributed by atoms with van der Waals surface area (Å²) in [5, 5.41) is 32.6. The van der Waals surface area contributed by atoms with Crippen LogP contribution in [-0.2, 0) is 29.0 Å². The number of carbonyl (C=O) groups is 3. The highest BCUT2D eigenvalue weighted by Gasteiger charge is 2.50. The number of rotatable bonds is 4. The van der Waals surface area contributed by atoms with Gasteiger partial charge in [0.2, 0.25) is 0 Å². The fourth-order valence-corrected chi connectivity index (χ4v) is 6.17. The molecule has 8 heteroatoms. The summed E-state index contributed by atoms with van der Waals surface area (Å²) >= 11 is 0. The molecule has 3 aliphatic carbocycles. The van der Waals surface area contributed by atoms with E-state index in [1.807, 2.05) is 13.0 Å². The van der Waals surface area contributed by atoms with Crippen molar-refractivity contribution in [2.24, 2.45) is 23.5 Å². The van der Waals surface area contributed by atoms with Crippen LogP contribution in [0.3, 0.4) is 0 Å². The predicted octanol–water partition coefficient (Wildman–Crippen LogP) is 2.40. The van der Waals surface area contributed by atoms with Gasteiger partial charge in [0.05, 0.1) is 11.5 Å². The standard InChI is InChI=1S/C26H28N2O6/c1-2-12-7-15(11-28-5-3-4-6-28)22(30)20-16(12)9-13-8-14-10-17(29)21(26(27)34)25(33)19(14)23(31)18(13)24(20)32/h3-4,7,13-14,19,29-31H,2,5-6,8-11H2,1H3,(H2,27,34). The number of primary amides is 1. The predicted molar refractivity (Wildman–Crippen MR) is 123 cm³/mol. The maximum Gasteiger partial charge on any atom is 0.255 e. The van der Waals surface area contributed by atoms with Crippen LogP contribution in [0.5, 0.6) is 5.75 Å². The van der Waals surface area contributed by atoms with Gasteiger partial charge >= 0.3 is 0 Å². The molecule has 0 radical (unpaired) electrons. The van der Waals surface area contributed by atoms with Crippen LogP contribution in [0.1, 0.15) is 46.8 Å². The lowest BCUT2D eigenvalue weighted by molar-refractivity contribution is -0.126. The Bertz CT molecular complexity index is 1220. The number of aliphatic hydroxyl groups is 2. The van der Waals surface area contributed by atoms with E-state index in [-0.39, 0.29) is 40.7 Å². The molecule has 3 atom stereocenters. The van der Waals surface area contributed by atoms with Gasteiger partial charge in [-0.3, -0.25) is 19.3 Å². The SMILES string of the molecule is CCc1cc(CN2CC=CC2)c(O)c2c1CC1CC3CC(O)=C(C(N)=O)C(=O)C3C(O)=C1C2=O. The van der Waals surface area contributed by atoms with Crippen LogP contribution >= 0.6 is 0 Å². The number of allylic oxidation sites excluding steroid dienone is 3. The number of Topliss-reactive ketones (excluding diaryl/α,β-unsaturated/α-hetero) is 2. The van der Waals surface area contributed by atoms with Gasteiger partial charge in [0.15, 0.2) is 11.6 Å². The lowest BCUT2D eigenvalue weighted by atomic mass is 9.62. The van der Waals surface area contributed by atoms with E-state index >= 15 is 0 Å². The van der Waals surface area contributed by atoms with Crippen molar-refractivity contribution >= 4 is 17.5 Å². The van der Waals surface area contributed by atoms with Crippen LogP contribution < -0.4 is 5.73 Å². The summed E-state index contributed by atoms with van der Waals surface area (Å²) in [5.74, 6) is -4.93. The molecule has 0 saturated heterocycles. The fourth-order valence-electron chi connectivity index (χ4n) is 6.17. The normalized spacial score (nSPS) is 26.6. The third-order valence-corrected chi connectivity index (χ3v) is 7.73. The van der Waals surface area contributed by atoms with Crippen LogP contribution in [0.2, 0.25) is 0 Å². The summed E-state index contributed by atoms with van der Waals surface area (Å²) in [4.78, 5) is 40.6. The van der Waals surface area contributed by atoms with Gasteiger partial charge in [-0.15, -0.1) is 0 Å². The van der Waals surface area contributed by atoms with E-state index in [1.165, 1.54) is 0 Å². The summed E-state index contributed by atoms with van der Waals surface area (Å²) in [5.41, 5.74) is 7.55. The summed E-state index contributed by atoms with van der Waals surface area (Å²) in [6.07, 6.45) is 5.70. The summed E-state index contributed by atoms with van der Waals surface area (Å²) in [7, 11) is 0. The Morgan fingerprint density at radius 3 is 2.47 bits per heavy atom. The molecule has 4 aliphatic rings. The Morgan fingerprint density at radius 1 is 1.12 bits per heavy atom. The zero-order chi connectivity index (χ0) is 24.3. The minimum atomic E-state index is -1.10. The molecule has 0 spiro atoms. The van der Waals surface area contributed by atoms with Crippen molar-refractivity contribution in [1.29, 1.82) is 0 Å². The second kappa shape index (κ2) is 8.13. The first kappa shape index (κ1) is 22.4. The van der Waals surface area contributed by atoms with Gasteiger partial charge in [-0.25, -0.2) is 0 Å². The highest BCUT2D eigenvalue weighted by Crippen LogP contribution is 2.50. The molecule has 0 bridgehead atoms. The first-order valence-electron chi connectivity index (χ1n) is 11.7. The van der Waals surface area contributed by atoms with Crippen molar-refractivity contribution in [1.82, 2.24) is 4.90 Å². The van der Waals surface area contributed by atoms with E-state index in [0.717, 1.165) is 24.2 Å². The van der Waals surface area contributed by atoms with Gasteiger partial charge in [-0.2, -0.15) is 0 Å². The second-order valence-electron chi connectivity index (χ2n) is 9.67. The maximum absolute atomic E-state index is 13.7. The van der Waals surface area contributed by atoms with E-state index in [2.05, 4.69) is 17.1 Å². The molecule has 1 aliphatic heterocycles. The van der Waals surface area contributed by atoms with Gasteiger partial charge in [-0.1, -0.05) is 25.1 Å². The van der Waals surface area contributed by atoms with Crippen LogP contribution in [0.25, 0.3) is 0 Å². The van der Waals surface area contributed by atoms with Crippen LogP contribution in [0, 0.1) is 17.8 Å². The fraction of sp³-hybridized carbons (Fsp3) is 0.423. The minimum Gasteiger partial charge on any atom is -0.511 e. The van der Waals surface area contributed by atoms with Gasteiger partial charge in [0.25, 0.3) is 5.91 Å². The third-order valence-electron chi connectivity index (χ3n) is 7.73. The molecule has 1 aromatic carbocycles. The molecular formula is C26H28N2O6. The van der Waals surface area contributed by atoms with Gasteiger partial charge < -0.3 is 21.1 Å². The van der Waals surface area contributed by atoms with Crippen LogP contribution in [0.4, 0.5) is 0 Å². The molecule has 1 amide bonds. The molecule has 1 aromatic rings. The number of carbonyl (C=O) groups excluding carboxylic acids is 3. The monoisotopic (exact) mass is 464 g/mol. The number of nitrogens with zero attached hydrogens (tertiary/aromatic N) is 1. The second-order valence-corrected chi connectivity index (χ2v) is 9.67. The van der Waals surface area contributed by atoms with Crippen LogP contribution in [0.15, 0.2) is 40.9 Å². The Kier molecular flexibility index (Phi) is 5.36. The van der Waals surface area contributed by atoms with Gasteiger partial charge in [0, 0.05) is 37.2 Å². The largest absolute Gasteiger partial charge is 0.511 e. The summed E-state index contributed by atoms with van der Waals surface area (Å²) < 4.78 is 0. The molecule has 5 rings (SSSR count). The van der Waals surface area contributed by atoms with Crippen molar-refractivity contribution < 1.29 is 29.7 Å². The van der Waals surface area contributed by atoms with Crippen molar-refractivity contribution in [3.8, 4) is 5.75 Å². The molecule has 34 heavy (non-hydrogen) atoms. The number of phenols is 1. The molecule has 0 saturated carbocycles. The Labute approximate surface area is 197 Å². The average Bonchev–Trinajstić information content (AvgIpc) is 3.27. The lowest BCUT2D eigenvalue weighted by Crippen LogP contribution is -2.43. The first-order chi connectivity index (χ1) is 16.2. The number of phenolic OH excluding ortho intramolecular Hbond substituents is 1. The van der Waals surface area contributed by atoms with E-state index < -0.39 is 34.9 Å². The number of fused-ring (bicyclic) bond motifs is 3. The quantitative estimate of drug-likeness (QED) is 0.396. The summed E-state index contributed by atoms with van der Waals surface area (Å²) in [6, 6.07) is 1.97. The van der Waals surface area contributed by atoms with Crippen molar-refractivity contribution in [3.05, 3.63) is 63.1 Å². The number of aromatic hydroxyl groups is 1.